The SMILES string of the molecule is CO[Si](C)(C)CCCN(CCN1CCCCC1)[Si](C)(C)C. The van der Waals surface area contributed by atoms with Crippen LogP contribution in [-0.4, -0.2) is 65.9 Å². The van der Waals surface area contributed by atoms with Crippen molar-refractivity contribution in [2.75, 3.05) is 39.8 Å². The third-order valence-corrected chi connectivity index (χ3v) is 9.85. The maximum atomic E-state index is 5.68. The van der Waals surface area contributed by atoms with E-state index in [2.05, 4.69) is 42.2 Å². The maximum absolute atomic E-state index is 5.68. The molecule has 0 N–H and O–H groups in total. The zero-order chi connectivity index (χ0) is 15.9. The molecule has 0 amide bonds. The van der Waals surface area contributed by atoms with E-state index in [1.165, 1.54) is 64.5 Å². The molecule has 21 heavy (non-hydrogen) atoms. The van der Waals surface area contributed by atoms with Gasteiger partial charge in [0.15, 0.2) is 8.32 Å². The predicted octanol–water partition coefficient (Wildman–Crippen LogP) is 3.85. The highest BCUT2D eigenvalue weighted by Crippen LogP contribution is 2.17. The average Bonchev–Trinajstić information content (AvgIpc) is 2.42. The summed E-state index contributed by atoms with van der Waals surface area (Å²) in [5, 5.41) is 0. The van der Waals surface area contributed by atoms with Gasteiger partial charge in [0.05, 0.1) is 0 Å². The summed E-state index contributed by atoms with van der Waals surface area (Å²) in [5.41, 5.74) is 0. The molecule has 0 aromatic rings. The van der Waals surface area contributed by atoms with Crippen LogP contribution in [0.1, 0.15) is 25.7 Å². The molecule has 126 valence electrons. The third kappa shape index (κ3) is 7.93. The Kier molecular flexibility index (Phi) is 8.13. The van der Waals surface area contributed by atoms with E-state index in [1.54, 1.807) is 0 Å². The number of piperidine rings is 1. The maximum Gasteiger partial charge on any atom is 0.186 e. The Morgan fingerprint density at radius 3 is 2.10 bits per heavy atom. The summed E-state index contributed by atoms with van der Waals surface area (Å²) in [6, 6.07) is 1.29. The number of nitrogens with zero attached hydrogens (tertiary/aromatic N) is 2. The molecule has 1 fully saturated rings. The summed E-state index contributed by atoms with van der Waals surface area (Å²) in [5.74, 6) is 0. The quantitative estimate of drug-likeness (QED) is 0.597. The van der Waals surface area contributed by atoms with Crippen molar-refractivity contribution in [2.45, 2.75) is 64.5 Å². The van der Waals surface area contributed by atoms with E-state index < -0.39 is 16.6 Å². The standard InChI is InChI=1S/C16H38N2OSi2/c1-19-21(5,6)16-10-13-18(20(2,3)4)15-14-17-11-8-7-9-12-17/h7-16H2,1-6H3. The van der Waals surface area contributed by atoms with Gasteiger partial charge < -0.3 is 13.9 Å². The molecule has 1 saturated heterocycles. The fraction of sp³-hybridized carbons (Fsp3) is 1.00. The highest BCUT2D eigenvalue weighted by Gasteiger charge is 2.26. The zero-order valence-corrected chi connectivity index (χ0v) is 17.4. The molecule has 0 saturated carbocycles. The van der Waals surface area contributed by atoms with Gasteiger partial charge in [-0.2, -0.15) is 0 Å². The minimum Gasteiger partial charge on any atom is -0.420 e. The number of likely N-dealkylation sites (tertiary alicyclic amines) is 1. The van der Waals surface area contributed by atoms with E-state index in [-0.39, 0.29) is 0 Å². The minimum absolute atomic E-state index is 1.20. The predicted molar refractivity (Wildman–Crippen MR) is 99.1 cm³/mol. The van der Waals surface area contributed by atoms with E-state index in [1.807, 2.05) is 7.11 Å². The van der Waals surface area contributed by atoms with Crippen molar-refractivity contribution < 1.29 is 4.43 Å². The lowest BCUT2D eigenvalue weighted by Crippen LogP contribution is -2.50. The Bertz CT molecular complexity index is 286. The van der Waals surface area contributed by atoms with Gasteiger partial charge >= 0.3 is 0 Å². The van der Waals surface area contributed by atoms with Crippen LogP contribution in [0, 0.1) is 0 Å². The van der Waals surface area contributed by atoms with Gasteiger partial charge in [-0.05, 0) is 58.0 Å². The summed E-state index contributed by atoms with van der Waals surface area (Å²) in [6.45, 7) is 18.6. The molecule has 3 nitrogen and oxygen atoms in total. The van der Waals surface area contributed by atoms with E-state index in [0.29, 0.717) is 0 Å². The van der Waals surface area contributed by atoms with Crippen molar-refractivity contribution in [3.8, 4) is 0 Å². The van der Waals surface area contributed by atoms with Crippen molar-refractivity contribution in [3.05, 3.63) is 0 Å². The van der Waals surface area contributed by atoms with Crippen molar-refractivity contribution in [3.63, 3.8) is 0 Å². The van der Waals surface area contributed by atoms with Crippen LogP contribution < -0.4 is 0 Å². The summed E-state index contributed by atoms with van der Waals surface area (Å²) < 4.78 is 8.49. The smallest absolute Gasteiger partial charge is 0.186 e. The molecule has 0 aliphatic carbocycles. The molecule has 1 rings (SSSR count). The van der Waals surface area contributed by atoms with Gasteiger partial charge in [-0.3, -0.25) is 0 Å². The number of hydrogen-bond donors (Lipinski definition) is 0. The molecule has 5 heteroatoms. The van der Waals surface area contributed by atoms with Gasteiger partial charge in [0.1, 0.15) is 8.24 Å². The molecule has 0 bridgehead atoms. The van der Waals surface area contributed by atoms with E-state index in [0.717, 1.165) is 0 Å². The molecule has 0 radical (unpaired) electrons. The van der Waals surface area contributed by atoms with Crippen molar-refractivity contribution in [2.24, 2.45) is 0 Å². The summed E-state index contributed by atoms with van der Waals surface area (Å²) in [4.78, 5) is 2.67. The largest absolute Gasteiger partial charge is 0.420 e. The van der Waals surface area contributed by atoms with Crippen LogP contribution in [0.3, 0.4) is 0 Å². The minimum atomic E-state index is -1.38. The van der Waals surface area contributed by atoms with E-state index >= 15 is 0 Å². The molecular formula is C16H38N2OSi2. The first-order valence-electron chi connectivity index (χ1n) is 8.77. The van der Waals surface area contributed by atoms with Gasteiger partial charge in [0.25, 0.3) is 0 Å². The Morgan fingerprint density at radius 2 is 1.57 bits per heavy atom. The Morgan fingerprint density at radius 1 is 0.952 bits per heavy atom. The molecule has 0 spiro atoms. The second-order valence-corrected chi connectivity index (χ2v) is 17.5. The normalized spacial score (nSPS) is 18.4. The van der Waals surface area contributed by atoms with Crippen LogP contribution in [0.4, 0.5) is 0 Å². The molecule has 1 aliphatic heterocycles. The van der Waals surface area contributed by atoms with Crippen LogP contribution in [0.2, 0.25) is 38.8 Å². The first-order valence-corrected chi connectivity index (χ1v) is 15.3. The van der Waals surface area contributed by atoms with Gasteiger partial charge in [0.2, 0.25) is 0 Å². The van der Waals surface area contributed by atoms with Gasteiger partial charge in [-0.25, -0.2) is 0 Å². The van der Waals surface area contributed by atoms with Gasteiger partial charge in [0, 0.05) is 20.2 Å². The highest BCUT2D eigenvalue weighted by molar-refractivity contribution is 6.73. The lowest BCUT2D eigenvalue weighted by molar-refractivity contribution is 0.211. The fourth-order valence-electron chi connectivity index (χ4n) is 3.03. The molecule has 1 aliphatic rings. The van der Waals surface area contributed by atoms with Crippen LogP contribution in [0.15, 0.2) is 0 Å². The molecular weight excluding hydrogens is 292 g/mol. The van der Waals surface area contributed by atoms with Crippen molar-refractivity contribution >= 4 is 16.6 Å². The van der Waals surface area contributed by atoms with Crippen LogP contribution in [0.5, 0.6) is 0 Å². The van der Waals surface area contributed by atoms with E-state index in [4.69, 9.17) is 4.43 Å². The Hall–Kier alpha value is 0.314. The van der Waals surface area contributed by atoms with Crippen molar-refractivity contribution in [1.82, 2.24) is 9.47 Å². The topological polar surface area (TPSA) is 15.7 Å². The molecule has 0 atom stereocenters. The first-order chi connectivity index (χ1) is 9.74. The highest BCUT2D eigenvalue weighted by atomic mass is 28.4. The summed E-state index contributed by atoms with van der Waals surface area (Å²) in [6.07, 6.45) is 5.55. The lowest BCUT2D eigenvalue weighted by Gasteiger charge is -2.37. The average molecular weight is 331 g/mol. The third-order valence-electron chi connectivity index (χ3n) is 4.84. The van der Waals surface area contributed by atoms with Crippen molar-refractivity contribution in [1.29, 1.82) is 0 Å². The first kappa shape index (κ1) is 19.4. The second kappa shape index (κ2) is 8.82. The Balaban J connectivity index is 2.37. The number of rotatable bonds is 9. The molecule has 0 unspecified atom stereocenters. The monoisotopic (exact) mass is 330 g/mol. The van der Waals surface area contributed by atoms with Crippen LogP contribution >= 0.6 is 0 Å². The summed E-state index contributed by atoms with van der Waals surface area (Å²) in [7, 11) is -0.689. The van der Waals surface area contributed by atoms with E-state index in [9.17, 15) is 0 Å². The van der Waals surface area contributed by atoms with Crippen LogP contribution in [-0.2, 0) is 4.43 Å². The van der Waals surface area contributed by atoms with Crippen LogP contribution in [0.25, 0.3) is 0 Å². The Labute approximate surface area is 135 Å². The molecule has 1 heterocycles. The molecule has 0 aromatic carbocycles. The fourth-order valence-corrected chi connectivity index (χ4v) is 5.84. The van der Waals surface area contributed by atoms with Gasteiger partial charge in [-0.1, -0.05) is 26.1 Å². The molecule has 0 aromatic heterocycles. The number of hydrogen-bond acceptors (Lipinski definition) is 3. The zero-order valence-electron chi connectivity index (χ0n) is 15.4. The second-order valence-electron chi connectivity index (χ2n) is 8.13. The lowest BCUT2D eigenvalue weighted by atomic mass is 10.1. The van der Waals surface area contributed by atoms with Gasteiger partial charge in [-0.15, -0.1) is 0 Å². The summed E-state index contributed by atoms with van der Waals surface area (Å²) >= 11 is 0.